The van der Waals surface area contributed by atoms with Gasteiger partial charge in [0.1, 0.15) is 11.6 Å². The lowest BCUT2D eigenvalue weighted by Crippen LogP contribution is -1.81. The number of fused-ring (bicyclic) bond motifs is 3. The molecule has 0 spiro atoms. The summed E-state index contributed by atoms with van der Waals surface area (Å²) in [6.45, 7) is 0. The van der Waals surface area contributed by atoms with E-state index in [1.165, 1.54) is 45.8 Å². The number of halogens is 2. The van der Waals surface area contributed by atoms with Crippen LogP contribution in [0.3, 0.4) is 0 Å². The minimum Gasteiger partial charge on any atom is -0.207 e. The Hall–Kier alpha value is -4.04. The van der Waals surface area contributed by atoms with Crippen molar-refractivity contribution in [1.29, 1.82) is 0 Å². The van der Waals surface area contributed by atoms with E-state index in [4.69, 9.17) is 0 Å². The SMILES string of the molecule is Fc1ccc(/C=C/c2ccc3c(ccc4cc(/C=C/c5ccc(F)cc5)ccc43)c2)cc1. The number of benzene rings is 5. The molecule has 2 heteroatoms. The van der Waals surface area contributed by atoms with Crippen LogP contribution in [0.1, 0.15) is 22.3 Å². The van der Waals surface area contributed by atoms with Crippen LogP contribution in [0.4, 0.5) is 8.78 Å². The summed E-state index contributed by atoms with van der Waals surface area (Å²) in [4.78, 5) is 0. The zero-order valence-corrected chi connectivity index (χ0v) is 17.3. The van der Waals surface area contributed by atoms with Crippen molar-refractivity contribution < 1.29 is 8.78 Å². The second-order valence-electron chi connectivity index (χ2n) is 7.80. The van der Waals surface area contributed by atoms with Crippen molar-refractivity contribution in [3.05, 3.63) is 131 Å². The molecule has 0 N–H and O–H groups in total. The molecular formula is C30H20F2. The van der Waals surface area contributed by atoms with E-state index in [2.05, 4.69) is 48.5 Å². The predicted octanol–water partition coefficient (Wildman–Crippen LogP) is 8.61. The average molecular weight is 418 g/mol. The topological polar surface area (TPSA) is 0 Å². The first-order valence-corrected chi connectivity index (χ1v) is 10.5. The van der Waals surface area contributed by atoms with Gasteiger partial charge in [-0.25, -0.2) is 8.78 Å². The molecule has 32 heavy (non-hydrogen) atoms. The highest BCUT2D eigenvalue weighted by atomic mass is 19.1. The first-order valence-electron chi connectivity index (χ1n) is 10.5. The van der Waals surface area contributed by atoms with E-state index in [0.717, 1.165) is 22.3 Å². The summed E-state index contributed by atoms with van der Waals surface area (Å²) in [5.74, 6) is -0.456. The van der Waals surface area contributed by atoms with Crippen molar-refractivity contribution in [2.75, 3.05) is 0 Å². The van der Waals surface area contributed by atoms with Crippen molar-refractivity contribution in [2.45, 2.75) is 0 Å². The van der Waals surface area contributed by atoms with E-state index in [9.17, 15) is 8.78 Å². The zero-order chi connectivity index (χ0) is 21.9. The van der Waals surface area contributed by atoms with Gasteiger partial charge in [0, 0.05) is 0 Å². The summed E-state index contributed by atoms with van der Waals surface area (Å²) in [6.07, 6.45) is 8.06. The maximum atomic E-state index is 13.1. The number of rotatable bonds is 4. The molecule has 5 aromatic carbocycles. The van der Waals surface area contributed by atoms with Gasteiger partial charge in [0.15, 0.2) is 0 Å². The molecule has 0 atom stereocenters. The lowest BCUT2D eigenvalue weighted by Gasteiger charge is -2.06. The molecule has 0 heterocycles. The fourth-order valence-corrected chi connectivity index (χ4v) is 3.85. The molecule has 0 saturated carbocycles. The third kappa shape index (κ3) is 4.35. The van der Waals surface area contributed by atoms with E-state index in [-0.39, 0.29) is 11.6 Å². The van der Waals surface area contributed by atoms with Gasteiger partial charge in [-0.1, -0.05) is 85.0 Å². The van der Waals surface area contributed by atoms with Gasteiger partial charge >= 0.3 is 0 Å². The van der Waals surface area contributed by atoms with E-state index in [1.807, 2.05) is 24.3 Å². The van der Waals surface area contributed by atoms with Crippen LogP contribution in [-0.4, -0.2) is 0 Å². The van der Waals surface area contributed by atoms with E-state index >= 15 is 0 Å². The Labute approximate surface area is 185 Å². The minimum atomic E-state index is -0.228. The summed E-state index contributed by atoms with van der Waals surface area (Å²) in [7, 11) is 0. The Morgan fingerprint density at radius 1 is 0.375 bits per heavy atom. The zero-order valence-electron chi connectivity index (χ0n) is 17.3. The molecule has 0 bridgehead atoms. The first kappa shape index (κ1) is 19.9. The van der Waals surface area contributed by atoms with Gasteiger partial charge in [-0.05, 0) is 80.2 Å². The largest absolute Gasteiger partial charge is 0.207 e. The summed E-state index contributed by atoms with van der Waals surface area (Å²) < 4.78 is 26.1. The summed E-state index contributed by atoms with van der Waals surface area (Å²) >= 11 is 0. The molecule has 0 amide bonds. The summed E-state index contributed by atoms with van der Waals surface area (Å²) in [5.41, 5.74) is 4.12. The lowest BCUT2D eigenvalue weighted by molar-refractivity contribution is 0.627. The molecule has 0 fully saturated rings. The van der Waals surface area contributed by atoms with Crippen LogP contribution >= 0.6 is 0 Å². The maximum Gasteiger partial charge on any atom is 0.123 e. The number of hydrogen-bond acceptors (Lipinski definition) is 0. The molecular weight excluding hydrogens is 398 g/mol. The average Bonchev–Trinajstić information content (AvgIpc) is 2.83. The molecule has 0 unspecified atom stereocenters. The van der Waals surface area contributed by atoms with Crippen LogP contribution in [0.5, 0.6) is 0 Å². The Bertz CT molecular complexity index is 1340. The normalized spacial score (nSPS) is 11.8. The highest BCUT2D eigenvalue weighted by Gasteiger charge is 2.02. The minimum absolute atomic E-state index is 0.228. The third-order valence-electron chi connectivity index (χ3n) is 5.56. The highest BCUT2D eigenvalue weighted by Crippen LogP contribution is 2.28. The fourth-order valence-electron chi connectivity index (χ4n) is 3.85. The molecule has 0 aliphatic rings. The smallest absolute Gasteiger partial charge is 0.123 e. The molecule has 0 saturated heterocycles. The van der Waals surface area contributed by atoms with Crippen LogP contribution < -0.4 is 0 Å². The highest BCUT2D eigenvalue weighted by molar-refractivity contribution is 6.08. The Kier molecular flexibility index (Phi) is 5.35. The van der Waals surface area contributed by atoms with Crippen molar-refractivity contribution in [2.24, 2.45) is 0 Å². The lowest BCUT2D eigenvalue weighted by atomic mass is 9.98. The van der Waals surface area contributed by atoms with Gasteiger partial charge in [-0.15, -0.1) is 0 Å². The molecule has 5 aromatic rings. The van der Waals surface area contributed by atoms with Crippen LogP contribution in [0.2, 0.25) is 0 Å². The van der Waals surface area contributed by atoms with Crippen LogP contribution in [0.25, 0.3) is 45.8 Å². The van der Waals surface area contributed by atoms with Crippen molar-refractivity contribution in [1.82, 2.24) is 0 Å². The molecule has 0 aliphatic carbocycles. The molecule has 154 valence electrons. The van der Waals surface area contributed by atoms with Gasteiger partial charge < -0.3 is 0 Å². The van der Waals surface area contributed by atoms with E-state index in [0.29, 0.717) is 0 Å². The monoisotopic (exact) mass is 418 g/mol. The summed E-state index contributed by atoms with van der Waals surface area (Å²) in [5, 5.41) is 4.76. The van der Waals surface area contributed by atoms with Gasteiger partial charge in [-0.3, -0.25) is 0 Å². The quantitative estimate of drug-likeness (QED) is 0.202. The fraction of sp³-hybridized carbons (Fsp3) is 0. The standard InChI is InChI=1S/C30H20F2/c31-27-13-5-21(6-14-27)1-3-23-9-17-29-25(19-23)11-12-26-20-24(10-18-30(26)29)4-2-22-7-15-28(32)16-8-22/h1-20H/b3-1+,4-2+. The predicted molar refractivity (Wildman–Crippen MR) is 132 cm³/mol. The molecule has 5 rings (SSSR count). The van der Waals surface area contributed by atoms with Crippen LogP contribution in [0, 0.1) is 11.6 Å². The Morgan fingerprint density at radius 2 is 0.719 bits per heavy atom. The Balaban J connectivity index is 1.43. The molecule has 0 aliphatic heterocycles. The second-order valence-corrected chi connectivity index (χ2v) is 7.80. The van der Waals surface area contributed by atoms with E-state index in [1.54, 1.807) is 24.3 Å². The van der Waals surface area contributed by atoms with Crippen molar-refractivity contribution in [3.63, 3.8) is 0 Å². The number of hydrogen-bond donors (Lipinski definition) is 0. The summed E-state index contributed by atoms with van der Waals surface area (Å²) in [6, 6.07) is 30.0. The molecule has 0 nitrogen and oxygen atoms in total. The molecule has 0 aromatic heterocycles. The first-order chi connectivity index (χ1) is 15.6. The van der Waals surface area contributed by atoms with Gasteiger partial charge in [0.2, 0.25) is 0 Å². The molecule has 0 radical (unpaired) electrons. The van der Waals surface area contributed by atoms with Crippen LogP contribution in [-0.2, 0) is 0 Å². The van der Waals surface area contributed by atoms with Gasteiger partial charge in [-0.2, -0.15) is 0 Å². The van der Waals surface area contributed by atoms with Crippen molar-refractivity contribution in [3.8, 4) is 0 Å². The van der Waals surface area contributed by atoms with Gasteiger partial charge in [0.05, 0.1) is 0 Å². The Morgan fingerprint density at radius 3 is 1.12 bits per heavy atom. The second kappa shape index (κ2) is 8.60. The van der Waals surface area contributed by atoms with Crippen molar-refractivity contribution >= 4 is 45.8 Å². The third-order valence-corrected chi connectivity index (χ3v) is 5.56. The van der Waals surface area contributed by atoms with E-state index < -0.39 is 0 Å². The maximum absolute atomic E-state index is 13.1. The van der Waals surface area contributed by atoms with Gasteiger partial charge in [0.25, 0.3) is 0 Å². The van der Waals surface area contributed by atoms with Crippen LogP contribution in [0.15, 0.2) is 97.1 Å².